The normalized spacial score (nSPS) is 17.7. The maximum Gasteiger partial charge on any atom is 0.343 e. The van der Waals surface area contributed by atoms with Crippen LogP contribution in [-0.2, 0) is 9.59 Å². The molecule has 0 radical (unpaired) electrons. The Bertz CT molecular complexity index is 1150. The second-order valence-corrected chi connectivity index (χ2v) is 9.51. The van der Waals surface area contributed by atoms with Gasteiger partial charge in [0.05, 0.1) is 17.6 Å². The summed E-state index contributed by atoms with van der Waals surface area (Å²) < 4.78 is 10.5. The van der Waals surface area contributed by atoms with Gasteiger partial charge in [0.15, 0.2) is 0 Å². The first-order valence-electron chi connectivity index (χ1n) is 11.3. The smallest absolute Gasteiger partial charge is 0.343 e. The zero-order valence-electron chi connectivity index (χ0n) is 19.6. The number of hydrogen-bond acceptors (Lipinski definition) is 7. The molecular formula is C26H26N2O6S. The van der Waals surface area contributed by atoms with Gasteiger partial charge < -0.3 is 14.4 Å². The van der Waals surface area contributed by atoms with Crippen LogP contribution >= 0.6 is 11.8 Å². The number of benzene rings is 2. The summed E-state index contributed by atoms with van der Waals surface area (Å²) in [6, 6.07) is 13.2. The number of hydrogen-bond donors (Lipinski definition) is 0. The van der Waals surface area contributed by atoms with Crippen molar-refractivity contribution < 1.29 is 28.7 Å². The van der Waals surface area contributed by atoms with Crippen LogP contribution in [0.4, 0.5) is 4.79 Å². The highest BCUT2D eigenvalue weighted by molar-refractivity contribution is 8.18. The molecule has 8 nitrogen and oxygen atoms in total. The van der Waals surface area contributed by atoms with E-state index in [1.54, 1.807) is 66.6 Å². The van der Waals surface area contributed by atoms with Gasteiger partial charge in [-0.1, -0.05) is 19.1 Å². The number of esters is 1. The molecule has 2 saturated heterocycles. The molecule has 0 saturated carbocycles. The number of methoxy groups -OCH3 is 1. The van der Waals surface area contributed by atoms with E-state index in [1.165, 1.54) is 0 Å². The minimum atomic E-state index is -0.505. The van der Waals surface area contributed by atoms with Crippen LogP contribution < -0.4 is 9.47 Å². The van der Waals surface area contributed by atoms with Crippen molar-refractivity contribution in [1.29, 1.82) is 0 Å². The number of likely N-dealkylation sites (tertiary alicyclic amines) is 1. The van der Waals surface area contributed by atoms with E-state index in [9.17, 15) is 19.2 Å². The number of amides is 3. The van der Waals surface area contributed by atoms with Crippen LogP contribution in [0.15, 0.2) is 53.4 Å². The molecule has 0 spiro atoms. The zero-order chi connectivity index (χ0) is 24.9. The lowest BCUT2D eigenvalue weighted by atomic mass is 9.99. The number of carbonyl (C=O) groups is 4. The van der Waals surface area contributed by atoms with Crippen molar-refractivity contribution in [3.8, 4) is 11.5 Å². The van der Waals surface area contributed by atoms with E-state index in [0.717, 1.165) is 29.5 Å². The lowest BCUT2D eigenvalue weighted by Crippen LogP contribution is -2.45. The van der Waals surface area contributed by atoms with Crippen LogP contribution in [0.5, 0.6) is 11.5 Å². The molecule has 2 heterocycles. The van der Waals surface area contributed by atoms with Crippen molar-refractivity contribution in [3.05, 3.63) is 64.6 Å². The number of rotatable bonds is 6. The van der Waals surface area contributed by atoms with Crippen molar-refractivity contribution in [3.63, 3.8) is 0 Å². The fourth-order valence-electron chi connectivity index (χ4n) is 3.81. The molecule has 9 heteroatoms. The number of ether oxygens (including phenoxy) is 2. The first-order chi connectivity index (χ1) is 16.8. The molecule has 0 aromatic heterocycles. The van der Waals surface area contributed by atoms with Gasteiger partial charge >= 0.3 is 5.97 Å². The highest BCUT2D eigenvalue weighted by atomic mass is 32.2. The van der Waals surface area contributed by atoms with E-state index in [-0.39, 0.29) is 17.4 Å². The monoisotopic (exact) mass is 494 g/mol. The van der Waals surface area contributed by atoms with Crippen LogP contribution in [0.25, 0.3) is 6.08 Å². The van der Waals surface area contributed by atoms with Crippen LogP contribution in [0.2, 0.25) is 0 Å². The van der Waals surface area contributed by atoms with Crippen LogP contribution in [0.1, 0.15) is 35.7 Å². The number of thioether (sulfide) groups is 1. The highest BCUT2D eigenvalue weighted by Crippen LogP contribution is 2.32. The molecule has 0 N–H and O–H groups in total. The van der Waals surface area contributed by atoms with E-state index < -0.39 is 17.1 Å². The highest BCUT2D eigenvalue weighted by Gasteiger charge is 2.37. The minimum absolute atomic E-state index is 0.205. The summed E-state index contributed by atoms with van der Waals surface area (Å²) in [5.74, 6) is 0.376. The van der Waals surface area contributed by atoms with E-state index in [1.807, 2.05) is 0 Å². The third-order valence-corrected chi connectivity index (χ3v) is 6.92. The van der Waals surface area contributed by atoms with Gasteiger partial charge in [-0.25, -0.2) is 4.79 Å². The summed E-state index contributed by atoms with van der Waals surface area (Å²) in [6.45, 7) is 3.22. The average molecular weight is 495 g/mol. The third kappa shape index (κ3) is 5.92. The lowest BCUT2D eigenvalue weighted by molar-refractivity contribution is -0.136. The van der Waals surface area contributed by atoms with Crippen LogP contribution in [0.3, 0.4) is 0 Å². The summed E-state index contributed by atoms with van der Waals surface area (Å²) in [7, 11) is 1.55. The Labute approximate surface area is 207 Å². The Morgan fingerprint density at radius 3 is 2.26 bits per heavy atom. The molecule has 2 aliphatic heterocycles. The number of piperidine rings is 1. The van der Waals surface area contributed by atoms with Gasteiger partial charge in [-0.2, -0.15) is 0 Å². The topological polar surface area (TPSA) is 93.2 Å². The lowest BCUT2D eigenvalue weighted by Gasteiger charge is -2.31. The molecular weight excluding hydrogens is 468 g/mol. The number of nitrogens with zero attached hydrogens (tertiary/aromatic N) is 2. The van der Waals surface area contributed by atoms with Crippen LogP contribution in [0, 0.1) is 5.92 Å². The molecule has 0 atom stereocenters. The Morgan fingerprint density at radius 2 is 1.63 bits per heavy atom. The molecule has 182 valence electrons. The number of carbonyl (C=O) groups excluding carboxylic acids is 4. The standard InChI is InChI=1S/C26H26N2O6S/c1-17-11-13-27(14-12-17)23(29)16-28-24(30)22(35-26(28)32)15-18-3-7-21(8-4-18)34-25(31)19-5-9-20(33-2)10-6-19/h3-10,15,17H,11-14,16H2,1-2H3/b22-15+. The summed E-state index contributed by atoms with van der Waals surface area (Å²) in [4.78, 5) is 53.0. The summed E-state index contributed by atoms with van der Waals surface area (Å²) >= 11 is 0.813. The van der Waals surface area contributed by atoms with Crippen molar-refractivity contribution in [2.45, 2.75) is 19.8 Å². The fourth-order valence-corrected chi connectivity index (χ4v) is 4.64. The molecule has 0 unspecified atom stereocenters. The van der Waals surface area contributed by atoms with Crippen molar-refractivity contribution in [2.75, 3.05) is 26.7 Å². The molecule has 35 heavy (non-hydrogen) atoms. The first-order valence-corrected chi connectivity index (χ1v) is 12.1. The number of imide groups is 1. The van der Waals surface area contributed by atoms with Crippen LogP contribution in [-0.4, -0.2) is 59.6 Å². The maximum atomic E-state index is 12.8. The SMILES string of the molecule is COc1ccc(C(=O)Oc2ccc(/C=C3/SC(=O)N(CC(=O)N4CCC(C)CC4)C3=O)cc2)cc1. The van der Waals surface area contributed by atoms with E-state index in [2.05, 4.69) is 6.92 Å². The second-order valence-electron chi connectivity index (χ2n) is 8.52. The van der Waals surface area contributed by atoms with Gasteiger partial charge in [-0.15, -0.1) is 0 Å². The molecule has 2 aromatic carbocycles. The fraction of sp³-hybridized carbons (Fsp3) is 0.308. The predicted octanol–water partition coefficient (Wildman–Crippen LogP) is 4.21. The van der Waals surface area contributed by atoms with Gasteiger partial charge in [0, 0.05) is 13.1 Å². The molecule has 4 rings (SSSR count). The molecule has 0 bridgehead atoms. The minimum Gasteiger partial charge on any atom is -0.497 e. The van der Waals surface area contributed by atoms with Gasteiger partial charge in [0.1, 0.15) is 18.0 Å². The van der Waals surface area contributed by atoms with Crippen molar-refractivity contribution in [2.24, 2.45) is 5.92 Å². The first kappa shape index (κ1) is 24.5. The van der Waals surface area contributed by atoms with Crippen molar-refractivity contribution in [1.82, 2.24) is 9.80 Å². The molecule has 0 aliphatic carbocycles. The van der Waals surface area contributed by atoms with E-state index >= 15 is 0 Å². The van der Waals surface area contributed by atoms with E-state index in [4.69, 9.17) is 9.47 Å². The van der Waals surface area contributed by atoms with Gasteiger partial charge in [-0.3, -0.25) is 19.3 Å². The Balaban J connectivity index is 1.36. The Morgan fingerprint density at radius 1 is 1.00 bits per heavy atom. The van der Waals surface area contributed by atoms with Crippen molar-refractivity contribution >= 4 is 40.9 Å². The summed E-state index contributed by atoms with van der Waals surface area (Å²) in [5.41, 5.74) is 1.05. The quantitative estimate of drug-likeness (QED) is 0.337. The van der Waals surface area contributed by atoms with E-state index in [0.29, 0.717) is 41.6 Å². The predicted molar refractivity (Wildman–Crippen MR) is 132 cm³/mol. The second kappa shape index (κ2) is 10.8. The zero-order valence-corrected chi connectivity index (χ0v) is 20.4. The molecule has 2 aromatic rings. The van der Waals surface area contributed by atoms with Gasteiger partial charge in [0.25, 0.3) is 11.1 Å². The molecule has 2 fully saturated rings. The molecule has 2 aliphatic rings. The third-order valence-electron chi connectivity index (χ3n) is 6.02. The summed E-state index contributed by atoms with van der Waals surface area (Å²) in [5, 5.41) is -0.454. The average Bonchev–Trinajstić information content (AvgIpc) is 3.12. The van der Waals surface area contributed by atoms with Gasteiger partial charge in [0.2, 0.25) is 5.91 Å². The summed E-state index contributed by atoms with van der Waals surface area (Å²) in [6.07, 6.45) is 3.45. The van der Waals surface area contributed by atoms with Gasteiger partial charge in [-0.05, 0) is 78.6 Å². The largest absolute Gasteiger partial charge is 0.497 e. The Hall–Kier alpha value is -3.59. The maximum absolute atomic E-state index is 12.8. The Kier molecular flexibility index (Phi) is 7.55. The molecule has 3 amide bonds.